The maximum absolute atomic E-state index is 11.3. The lowest BCUT2D eigenvalue weighted by Gasteiger charge is -2.33. The minimum absolute atomic E-state index is 0.0288. The number of nitrogens with two attached hydrogens (primary N) is 1. The summed E-state index contributed by atoms with van der Waals surface area (Å²) in [5.74, 6) is 0.0304. The third-order valence-corrected chi connectivity index (χ3v) is 2.45. The van der Waals surface area contributed by atoms with Gasteiger partial charge in [-0.15, -0.1) is 0 Å². The van der Waals surface area contributed by atoms with Crippen molar-refractivity contribution in [2.75, 3.05) is 27.2 Å². The molecule has 70 valence electrons. The lowest BCUT2D eigenvalue weighted by molar-refractivity contribution is -0.126. The van der Waals surface area contributed by atoms with Crippen LogP contribution in [0.3, 0.4) is 0 Å². The van der Waals surface area contributed by atoms with E-state index in [1.54, 1.807) is 7.05 Å². The number of nitrogens with one attached hydrogen (secondary N) is 1. The summed E-state index contributed by atoms with van der Waals surface area (Å²) < 4.78 is 0. The average Bonchev–Trinajstić information content (AvgIpc) is 2.08. The summed E-state index contributed by atoms with van der Waals surface area (Å²) in [6.07, 6.45) is 0.911. The fourth-order valence-electron chi connectivity index (χ4n) is 1.60. The van der Waals surface area contributed by atoms with Gasteiger partial charge in [0.25, 0.3) is 0 Å². The Balaban J connectivity index is 2.54. The van der Waals surface area contributed by atoms with Gasteiger partial charge in [0.05, 0.1) is 5.92 Å². The highest BCUT2D eigenvalue weighted by atomic mass is 16.1. The van der Waals surface area contributed by atoms with Gasteiger partial charge in [-0.1, -0.05) is 0 Å². The number of amides is 1. The largest absolute Gasteiger partial charge is 0.359 e. The van der Waals surface area contributed by atoms with E-state index in [4.69, 9.17) is 5.73 Å². The summed E-state index contributed by atoms with van der Waals surface area (Å²) in [4.78, 5) is 13.4. The van der Waals surface area contributed by atoms with Gasteiger partial charge in [0, 0.05) is 19.6 Å². The molecule has 0 radical (unpaired) electrons. The highest BCUT2D eigenvalue weighted by Gasteiger charge is 2.29. The first-order valence-electron chi connectivity index (χ1n) is 4.31. The van der Waals surface area contributed by atoms with E-state index < -0.39 is 0 Å². The number of likely N-dealkylation sites (tertiary alicyclic amines) is 1. The fourth-order valence-corrected chi connectivity index (χ4v) is 1.60. The summed E-state index contributed by atoms with van der Waals surface area (Å²) in [7, 11) is 3.67. The van der Waals surface area contributed by atoms with Crippen LogP contribution in [0.4, 0.5) is 0 Å². The molecular weight excluding hydrogens is 154 g/mol. The van der Waals surface area contributed by atoms with Crippen molar-refractivity contribution in [1.82, 2.24) is 10.2 Å². The van der Waals surface area contributed by atoms with E-state index in [0.29, 0.717) is 0 Å². The highest BCUT2D eigenvalue weighted by molar-refractivity contribution is 5.79. The van der Waals surface area contributed by atoms with Crippen molar-refractivity contribution in [3.63, 3.8) is 0 Å². The Labute approximate surface area is 73.1 Å². The number of hydrogen-bond acceptors (Lipinski definition) is 3. The standard InChI is InChI=1S/C8H17N3O/c1-10-8(12)6-5-11(2)4-3-7(6)9/h6-7H,3-5,9H2,1-2H3,(H,10,12)/t6-,7-/m1/s1. The van der Waals surface area contributed by atoms with E-state index in [1.807, 2.05) is 7.05 Å². The first-order valence-corrected chi connectivity index (χ1v) is 4.31. The van der Waals surface area contributed by atoms with E-state index in [2.05, 4.69) is 10.2 Å². The number of piperidine rings is 1. The van der Waals surface area contributed by atoms with Crippen molar-refractivity contribution in [3.8, 4) is 0 Å². The molecule has 0 aromatic carbocycles. The maximum Gasteiger partial charge on any atom is 0.225 e. The van der Waals surface area contributed by atoms with Crippen molar-refractivity contribution in [2.24, 2.45) is 11.7 Å². The predicted octanol–water partition coefficient (Wildman–Crippen LogP) is -0.989. The van der Waals surface area contributed by atoms with E-state index >= 15 is 0 Å². The lowest BCUT2D eigenvalue weighted by atomic mass is 9.92. The molecule has 1 rings (SSSR count). The van der Waals surface area contributed by atoms with Gasteiger partial charge in [0.2, 0.25) is 5.91 Å². The minimum atomic E-state index is -0.0336. The van der Waals surface area contributed by atoms with Gasteiger partial charge in [0.1, 0.15) is 0 Å². The molecule has 3 N–H and O–H groups in total. The Bertz CT molecular complexity index is 172. The summed E-state index contributed by atoms with van der Waals surface area (Å²) in [6, 6.07) is 0.0288. The third-order valence-electron chi connectivity index (χ3n) is 2.45. The molecule has 0 aromatic rings. The lowest BCUT2D eigenvalue weighted by Crippen LogP contribution is -2.51. The van der Waals surface area contributed by atoms with E-state index in [-0.39, 0.29) is 17.9 Å². The summed E-state index contributed by atoms with van der Waals surface area (Å²) in [5.41, 5.74) is 5.83. The molecule has 1 saturated heterocycles. The van der Waals surface area contributed by atoms with Gasteiger partial charge in [-0.3, -0.25) is 4.79 Å². The van der Waals surface area contributed by atoms with Crippen LogP contribution in [0, 0.1) is 5.92 Å². The SMILES string of the molecule is CNC(=O)[C@@H]1CN(C)CC[C@H]1N. The fraction of sp³-hybridized carbons (Fsp3) is 0.875. The van der Waals surface area contributed by atoms with Crippen molar-refractivity contribution in [1.29, 1.82) is 0 Å². The molecule has 0 aromatic heterocycles. The first-order chi connectivity index (χ1) is 5.65. The number of carbonyl (C=O) groups excluding carboxylic acids is 1. The van der Waals surface area contributed by atoms with Crippen LogP contribution in [-0.4, -0.2) is 44.0 Å². The van der Waals surface area contributed by atoms with E-state index in [9.17, 15) is 4.79 Å². The van der Waals surface area contributed by atoms with Gasteiger partial charge >= 0.3 is 0 Å². The van der Waals surface area contributed by atoms with Gasteiger partial charge < -0.3 is 16.0 Å². The summed E-state index contributed by atoms with van der Waals surface area (Å²) >= 11 is 0. The Hall–Kier alpha value is -0.610. The van der Waals surface area contributed by atoms with Gasteiger partial charge in [0.15, 0.2) is 0 Å². The molecule has 0 saturated carbocycles. The highest BCUT2D eigenvalue weighted by Crippen LogP contribution is 2.13. The first kappa shape index (κ1) is 9.48. The molecule has 12 heavy (non-hydrogen) atoms. The maximum atomic E-state index is 11.3. The number of carbonyl (C=O) groups is 1. The van der Waals surface area contributed by atoms with E-state index in [1.165, 1.54) is 0 Å². The molecule has 2 atom stereocenters. The summed E-state index contributed by atoms with van der Waals surface area (Å²) in [5, 5.41) is 2.64. The van der Waals surface area contributed by atoms with Crippen LogP contribution < -0.4 is 11.1 Å². The van der Waals surface area contributed by atoms with Crippen LogP contribution in [0.25, 0.3) is 0 Å². The topological polar surface area (TPSA) is 58.4 Å². The Kier molecular flexibility index (Phi) is 3.05. The number of nitrogens with zero attached hydrogens (tertiary/aromatic N) is 1. The minimum Gasteiger partial charge on any atom is -0.359 e. The second-order valence-electron chi connectivity index (χ2n) is 3.44. The quantitative estimate of drug-likeness (QED) is 0.532. The van der Waals surface area contributed by atoms with Crippen LogP contribution in [0.5, 0.6) is 0 Å². The van der Waals surface area contributed by atoms with Crippen molar-refractivity contribution in [3.05, 3.63) is 0 Å². The van der Waals surface area contributed by atoms with Crippen molar-refractivity contribution >= 4 is 5.91 Å². The Morgan fingerprint density at radius 1 is 1.67 bits per heavy atom. The van der Waals surface area contributed by atoms with Crippen molar-refractivity contribution < 1.29 is 4.79 Å². The Morgan fingerprint density at radius 2 is 2.33 bits per heavy atom. The molecule has 0 spiro atoms. The van der Waals surface area contributed by atoms with Crippen LogP contribution in [0.15, 0.2) is 0 Å². The second-order valence-corrected chi connectivity index (χ2v) is 3.44. The van der Waals surface area contributed by atoms with Gasteiger partial charge in [-0.25, -0.2) is 0 Å². The van der Waals surface area contributed by atoms with Crippen LogP contribution in [0.2, 0.25) is 0 Å². The summed E-state index contributed by atoms with van der Waals surface area (Å²) in [6.45, 7) is 1.77. The number of hydrogen-bond donors (Lipinski definition) is 2. The molecule has 0 unspecified atom stereocenters. The second kappa shape index (κ2) is 3.87. The molecule has 1 aliphatic rings. The molecule has 4 nitrogen and oxygen atoms in total. The normalized spacial score (nSPS) is 31.6. The Morgan fingerprint density at radius 3 is 2.92 bits per heavy atom. The zero-order chi connectivity index (χ0) is 9.14. The monoisotopic (exact) mass is 171 g/mol. The molecule has 0 aliphatic carbocycles. The van der Waals surface area contributed by atoms with Crippen LogP contribution in [-0.2, 0) is 4.79 Å². The van der Waals surface area contributed by atoms with E-state index in [0.717, 1.165) is 19.5 Å². The van der Waals surface area contributed by atoms with Gasteiger partial charge in [-0.05, 0) is 20.0 Å². The molecular formula is C8H17N3O. The molecule has 1 amide bonds. The zero-order valence-electron chi connectivity index (χ0n) is 7.71. The average molecular weight is 171 g/mol. The van der Waals surface area contributed by atoms with Crippen LogP contribution in [0.1, 0.15) is 6.42 Å². The third kappa shape index (κ3) is 1.95. The molecule has 1 fully saturated rings. The molecule has 1 heterocycles. The molecule has 0 bridgehead atoms. The zero-order valence-corrected chi connectivity index (χ0v) is 7.71. The van der Waals surface area contributed by atoms with Crippen LogP contribution >= 0.6 is 0 Å². The predicted molar refractivity (Wildman–Crippen MR) is 47.6 cm³/mol. The molecule has 4 heteroatoms. The molecule has 1 aliphatic heterocycles. The number of rotatable bonds is 1. The van der Waals surface area contributed by atoms with Crippen molar-refractivity contribution in [2.45, 2.75) is 12.5 Å². The van der Waals surface area contributed by atoms with Gasteiger partial charge in [-0.2, -0.15) is 0 Å². The smallest absolute Gasteiger partial charge is 0.225 e.